The Morgan fingerprint density at radius 2 is 2.19 bits per heavy atom. The fraction of sp³-hybridized carbons (Fsp3) is 0.200. The Bertz CT molecular complexity index is 805. The first-order valence-corrected chi connectivity index (χ1v) is 6.73. The van der Waals surface area contributed by atoms with Crippen LogP contribution in [-0.2, 0) is 6.42 Å². The third-order valence-corrected chi connectivity index (χ3v) is 3.34. The van der Waals surface area contributed by atoms with Crippen LogP contribution in [0.5, 0.6) is 0 Å². The van der Waals surface area contributed by atoms with Crippen LogP contribution in [0.15, 0.2) is 36.7 Å². The molecule has 0 aliphatic rings. The lowest BCUT2D eigenvalue weighted by Gasteiger charge is -2.09. The van der Waals surface area contributed by atoms with E-state index in [9.17, 15) is 9.90 Å². The van der Waals surface area contributed by atoms with Gasteiger partial charge in [0.1, 0.15) is 0 Å². The van der Waals surface area contributed by atoms with Crippen LogP contribution in [0.3, 0.4) is 0 Å². The summed E-state index contributed by atoms with van der Waals surface area (Å²) in [6.45, 7) is 1.99. The summed E-state index contributed by atoms with van der Waals surface area (Å²) in [5, 5.41) is 19.0. The lowest BCUT2D eigenvalue weighted by atomic mass is 10.1. The molecule has 0 bridgehead atoms. The molecule has 0 amide bonds. The number of fused-ring (bicyclic) bond motifs is 1. The van der Waals surface area contributed by atoms with Gasteiger partial charge in [-0.15, -0.1) is 5.10 Å². The van der Waals surface area contributed by atoms with E-state index in [-0.39, 0.29) is 5.69 Å². The van der Waals surface area contributed by atoms with E-state index in [0.29, 0.717) is 12.1 Å². The largest absolute Gasteiger partial charge is 0.476 e. The molecule has 0 radical (unpaired) electrons. The summed E-state index contributed by atoms with van der Waals surface area (Å²) in [6.07, 6.45) is 4.90. The molecule has 0 atom stereocenters. The number of pyridine rings is 1. The number of carboxylic acid groups (broad SMARTS) is 1. The first-order valence-electron chi connectivity index (χ1n) is 6.73. The Kier molecular flexibility index (Phi) is 3.35. The molecular formula is C15H14N4O2. The highest BCUT2D eigenvalue weighted by Crippen LogP contribution is 2.23. The van der Waals surface area contributed by atoms with E-state index in [1.54, 1.807) is 17.1 Å². The molecule has 1 aromatic carbocycles. The lowest BCUT2D eigenvalue weighted by molar-refractivity contribution is 0.0689. The van der Waals surface area contributed by atoms with Gasteiger partial charge in [0.15, 0.2) is 5.69 Å². The fourth-order valence-electron chi connectivity index (χ4n) is 2.40. The van der Waals surface area contributed by atoms with E-state index in [4.69, 9.17) is 0 Å². The Morgan fingerprint density at radius 3 is 2.95 bits per heavy atom. The number of hydrogen-bond acceptors (Lipinski definition) is 4. The van der Waals surface area contributed by atoms with Crippen molar-refractivity contribution in [2.75, 3.05) is 0 Å². The molecule has 2 aromatic heterocycles. The van der Waals surface area contributed by atoms with Gasteiger partial charge in [0.25, 0.3) is 0 Å². The molecule has 21 heavy (non-hydrogen) atoms. The summed E-state index contributed by atoms with van der Waals surface area (Å²) in [7, 11) is 0. The molecule has 106 valence electrons. The van der Waals surface area contributed by atoms with Gasteiger partial charge in [0, 0.05) is 17.8 Å². The van der Waals surface area contributed by atoms with E-state index in [2.05, 4.69) is 15.3 Å². The molecule has 0 aliphatic heterocycles. The zero-order chi connectivity index (χ0) is 14.8. The van der Waals surface area contributed by atoms with Crippen molar-refractivity contribution in [2.24, 2.45) is 0 Å². The third-order valence-electron chi connectivity index (χ3n) is 3.34. The standard InChI is InChI=1S/C15H14N4O2/c1-2-4-13-14(15(20)21)17-18-19(13)12-6-3-5-10-7-8-16-9-11(10)12/h3,5-9H,2,4H2,1H3,(H,20,21). The maximum Gasteiger partial charge on any atom is 0.358 e. The highest BCUT2D eigenvalue weighted by Gasteiger charge is 2.20. The zero-order valence-electron chi connectivity index (χ0n) is 11.5. The van der Waals surface area contributed by atoms with Crippen molar-refractivity contribution < 1.29 is 9.90 Å². The number of aromatic nitrogens is 4. The number of hydrogen-bond donors (Lipinski definition) is 1. The van der Waals surface area contributed by atoms with Gasteiger partial charge in [-0.1, -0.05) is 30.7 Å². The van der Waals surface area contributed by atoms with Crippen LogP contribution >= 0.6 is 0 Å². The minimum atomic E-state index is -1.05. The van der Waals surface area contributed by atoms with E-state index in [0.717, 1.165) is 22.9 Å². The minimum Gasteiger partial charge on any atom is -0.476 e. The predicted molar refractivity (Wildman–Crippen MR) is 77.6 cm³/mol. The highest BCUT2D eigenvalue weighted by atomic mass is 16.4. The summed E-state index contributed by atoms with van der Waals surface area (Å²) in [4.78, 5) is 15.4. The van der Waals surface area contributed by atoms with Crippen molar-refractivity contribution >= 4 is 16.7 Å². The number of rotatable bonds is 4. The molecule has 0 fully saturated rings. The molecule has 3 rings (SSSR count). The minimum absolute atomic E-state index is 0.0118. The number of benzene rings is 1. The van der Waals surface area contributed by atoms with Crippen LogP contribution in [0.25, 0.3) is 16.5 Å². The van der Waals surface area contributed by atoms with Gasteiger partial charge >= 0.3 is 5.97 Å². The van der Waals surface area contributed by atoms with Crippen molar-refractivity contribution in [1.82, 2.24) is 20.0 Å². The second-order valence-electron chi connectivity index (χ2n) is 4.73. The van der Waals surface area contributed by atoms with Crippen molar-refractivity contribution in [3.05, 3.63) is 48.0 Å². The van der Waals surface area contributed by atoms with Crippen LogP contribution in [0, 0.1) is 0 Å². The van der Waals surface area contributed by atoms with Crippen molar-refractivity contribution in [3.63, 3.8) is 0 Å². The van der Waals surface area contributed by atoms with Crippen LogP contribution in [0.4, 0.5) is 0 Å². The molecular weight excluding hydrogens is 268 g/mol. The molecule has 3 aromatic rings. The zero-order valence-corrected chi connectivity index (χ0v) is 11.5. The van der Waals surface area contributed by atoms with E-state index in [1.807, 2.05) is 31.2 Å². The summed E-state index contributed by atoms with van der Waals surface area (Å²) in [6, 6.07) is 7.70. The Balaban J connectivity index is 2.26. The van der Waals surface area contributed by atoms with E-state index in [1.165, 1.54) is 0 Å². The van der Waals surface area contributed by atoms with Crippen LogP contribution in [0.2, 0.25) is 0 Å². The fourth-order valence-corrected chi connectivity index (χ4v) is 2.40. The van der Waals surface area contributed by atoms with Crippen LogP contribution < -0.4 is 0 Å². The second-order valence-corrected chi connectivity index (χ2v) is 4.73. The highest BCUT2D eigenvalue weighted by molar-refractivity contribution is 5.90. The molecule has 0 unspecified atom stereocenters. The Morgan fingerprint density at radius 1 is 1.33 bits per heavy atom. The summed E-state index contributed by atoms with van der Waals surface area (Å²) in [5.74, 6) is -1.05. The van der Waals surface area contributed by atoms with Gasteiger partial charge in [-0.05, 0) is 23.9 Å². The normalized spacial score (nSPS) is 10.9. The number of carbonyl (C=O) groups is 1. The maximum absolute atomic E-state index is 11.3. The van der Waals surface area contributed by atoms with Crippen LogP contribution in [-0.4, -0.2) is 31.1 Å². The number of carboxylic acids is 1. The number of nitrogens with zero attached hydrogens (tertiary/aromatic N) is 4. The third kappa shape index (κ3) is 2.24. The van der Waals surface area contributed by atoms with Gasteiger partial charge in [0.05, 0.1) is 11.4 Å². The van der Waals surface area contributed by atoms with Gasteiger partial charge in [-0.25, -0.2) is 9.48 Å². The van der Waals surface area contributed by atoms with Gasteiger partial charge in [-0.3, -0.25) is 4.98 Å². The second kappa shape index (κ2) is 5.32. The maximum atomic E-state index is 11.3. The molecule has 2 heterocycles. The summed E-state index contributed by atoms with van der Waals surface area (Å²) in [5.41, 5.74) is 1.42. The van der Waals surface area contributed by atoms with Gasteiger partial charge in [-0.2, -0.15) is 0 Å². The molecule has 0 saturated carbocycles. The van der Waals surface area contributed by atoms with Crippen molar-refractivity contribution in [1.29, 1.82) is 0 Å². The summed E-state index contributed by atoms with van der Waals surface area (Å²) < 4.78 is 1.61. The van der Waals surface area contributed by atoms with E-state index < -0.39 is 5.97 Å². The predicted octanol–water partition coefficient (Wildman–Crippen LogP) is 2.47. The van der Waals surface area contributed by atoms with E-state index >= 15 is 0 Å². The van der Waals surface area contributed by atoms with Gasteiger partial charge < -0.3 is 5.11 Å². The Hall–Kier alpha value is -2.76. The number of aromatic carboxylic acids is 1. The molecule has 0 aliphatic carbocycles. The average molecular weight is 282 g/mol. The lowest BCUT2D eigenvalue weighted by Crippen LogP contribution is -2.07. The van der Waals surface area contributed by atoms with Crippen LogP contribution in [0.1, 0.15) is 29.5 Å². The monoisotopic (exact) mass is 282 g/mol. The molecule has 6 nitrogen and oxygen atoms in total. The quantitative estimate of drug-likeness (QED) is 0.795. The SMILES string of the molecule is CCCc1c(C(=O)O)nnn1-c1cccc2ccncc12. The topological polar surface area (TPSA) is 80.9 Å². The first kappa shape index (κ1) is 13.2. The first-order chi connectivity index (χ1) is 10.2. The van der Waals surface area contributed by atoms with Crippen molar-refractivity contribution in [3.8, 4) is 5.69 Å². The Labute approximate surface area is 121 Å². The molecule has 0 spiro atoms. The molecule has 1 N–H and O–H groups in total. The summed E-state index contributed by atoms with van der Waals surface area (Å²) >= 11 is 0. The molecule has 0 saturated heterocycles. The van der Waals surface area contributed by atoms with Crippen molar-refractivity contribution in [2.45, 2.75) is 19.8 Å². The smallest absolute Gasteiger partial charge is 0.358 e. The molecule has 6 heteroatoms. The van der Waals surface area contributed by atoms with Gasteiger partial charge in [0.2, 0.25) is 0 Å². The average Bonchev–Trinajstić information content (AvgIpc) is 2.91.